The summed E-state index contributed by atoms with van der Waals surface area (Å²) in [6.45, 7) is 6.35. The third kappa shape index (κ3) is 3.11. The molecule has 5 nitrogen and oxygen atoms in total. The number of carbonyl (C=O) groups is 1. The standard InChI is InChI=1S/C15H21N3O2/c19-15-11-16-14-4-2-1-3-13(14)12-18(15)6-5-17-7-9-20-10-8-17/h1-4,16H,5-12H2. The van der Waals surface area contributed by atoms with Crippen molar-refractivity contribution in [2.75, 3.05) is 51.3 Å². The van der Waals surface area contributed by atoms with Gasteiger partial charge >= 0.3 is 0 Å². The van der Waals surface area contributed by atoms with Crippen molar-refractivity contribution >= 4 is 11.6 Å². The highest BCUT2D eigenvalue weighted by atomic mass is 16.5. The SMILES string of the molecule is O=C1CNc2ccccc2CN1CCN1CCOCC1. The minimum Gasteiger partial charge on any atom is -0.379 e. The molecule has 1 aromatic carbocycles. The summed E-state index contributed by atoms with van der Waals surface area (Å²) in [5.41, 5.74) is 2.27. The molecular formula is C15H21N3O2. The van der Waals surface area contributed by atoms with Crippen LogP contribution in [0.3, 0.4) is 0 Å². The number of rotatable bonds is 3. The molecule has 1 aromatic rings. The normalized spacial score (nSPS) is 20.2. The van der Waals surface area contributed by atoms with Gasteiger partial charge in [-0.05, 0) is 11.6 Å². The molecule has 0 spiro atoms. The van der Waals surface area contributed by atoms with E-state index in [1.165, 1.54) is 5.56 Å². The average molecular weight is 275 g/mol. The molecule has 1 fully saturated rings. The van der Waals surface area contributed by atoms with Gasteiger partial charge in [-0.3, -0.25) is 9.69 Å². The number of amides is 1. The van der Waals surface area contributed by atoms with Crippen molar-refractivity contribution in [2.45, 2.75) is 6.54 Å². The first-order chi connectivity index (χ1) is 9.83. The van der Waals surface area contributed by atoms with Crippen molar-refractivity contribution in [2.24, 2.45) is 0 Å². The third-order valence-electron chi connectivity index (χ3n) is 3.95. The second-order valence-corrected chi connectivity index (χ2v) is 5.28. The Bertz CT molecular complexity index is 472. The first-order valence-corrected chi connectivity index (χ1v) is 7.22. The summed E-state index contributed by atoms with van der Waals surface area (Å²) >= 11 is 0. The fraction of sp³-hybridized carbons (Fsp3) is 0.533. The van der Waals surface area contributed by atoms with Gasteiger partial charge in [-0.2, -0.15) is 0 Å². The second-order valence-electron chi connectivity index (χ2n) is 5.28. The number of para-hydroxylation sites is 1. The number of nitrogens with zero attached hydrogens (tertiary/aromatic N) is 2. The fourth-order valence-corrected chi connectivity index (χ4v) is 2.70. The van der Waals surface area contributed by atoms with Crippen LogP contribution < -0.4 is 5.32 Å². The van der Waals surface area contributed by atoms with Crippen molar-refractivity contribution in [3.8, 4) is 0 Å². The predicted octanol–water partition coefficient (Wildman–Crippen LogP) is 0.773. The molecule has 0 aliphatic carbocycles. The van der Waals surface area contributed by atoms with E-state index in [1.807, 2.05) is 23.1 Å². The second kappa shape index (κ2) is 6.24. The van der Waals surface area contributed by atoms with Crippen molar-refractivity contribution in [1.29, 1.82) is 0 Å². The zero-order chi connectivity index (χ0) is 13.8. The number of nitrogens with one attached hydrogen (secondary N) is 1. The van der Waals surface area contributed by atoms with Gasteiger partial charge in [0.2, 0.25) is 5.91 Å². The molecule has 0 radical (unpaired) electrons. The van der Waals surface area contributed by atoms with Crippen LogP contribution >= 0.6 is 0 Å². The van der Waals surface area contributed by atoms with Crippen molar-refractivity contribution in [3.63, 3.8) is 0 Å². The molecule has 0 unspecified atom stereocenters. The lowest BCUT2D eigenvalue weighted by atomic mass is 10.1. The van der Waals surface area contributed by atoms with Crippen LogP contribution in [0.25, 0.3) is 0 Å². The van der Waals surface area contributed by atoms with E-state index in [0.29, 0.717) is 13.1 Å². The van der Waals surface area contributed by atoms with Crippen molar-refractivity contribution in [3.05, 3.63) is 29.8 Å². The van der Waals surface area contributed by atoms with E-state index in [-0.39, 0.29) is 5.91 Å². The molecule has 1 amide bonds. The molecule has 0 saturated carbocycles. The van der Waals surface area contributed by atoms with Crippen LogP contribution in [-0.2, 0) is 16.1 Å². The molecule has 0 atom stereocenters. The lowest BCUT2D eigenvalue weighted by Gasteiger charge is -2.29. The number of fused-ring (bicyclic) bond motifs is 1. The van der Waals surface area contributed by atoms with Crippen molar-refractivity contribution < 1.29 is 9.53 Å². The van der Waals surface area contributed by atoms with Gasteiger partial charge in [0.05, 0.1) is 19.8 Å². The Kier molecular flexibility index (Phi) is 4.18. The van der Waals surface area contributed by atoms with E-state index < -0.39 is 0 Å². The van der Waals surface area contributed by atoms with Crippen LogP contribution in [0.15, 0.2) is 24.3 Å². The minimum absolute atomic E-state index is 0.175. The van der Waals surface area contributed by atoms with E-state index in [2.05, 4.69) is 16.3 Å². The largest absolute Gasteiger partial charge is 0.379 e. The summed E-state index contributed by atoms with van der Waals surface area (Å²) in [6.07, 6.45) is 0. The van der Waals surface area contributed by atoms with Crippen LogP contribution in [0.4, 0.5) is 5.69 Å². The molecule has 1 N–H and O–H groups in total. The quantitative estimate of drug-likeness (QED) is 0.885. The number of carbonyl (C=O) groups excluding carboxylic acids is 1. The van der Waals surface area contributed by atoms with Crippen molar-refractivity contribution in [1.82, 2.24) is 9.80 Å². The van der Waals surface area contributed by atoms with Gasteiger partial charge in [0.1, 0.15) is 0 Å². The molecule has 108 valence electrons. The smallest absolute Gasteiger partial charge is 0.242 e. The number of ether oxygens (including phenoxy) is 1. The molecule has 0 aromatic heterocycles. The fourth-order valence-electron chi connectivity index (χ4n) is 2.70. The molecule has 2 aliphatic rings. The molecule has 20 heavy (non-hydrogen) atoms. The number of morpholine rings is 1. The van der Waals surface area contributed by atoms with Crippen LogP contribution in [0.2, 0.25) is 0 Å². The molecule has 3 rings (SSSR count). The third-order valence-corrected chi connectivity index (χ3v) is 3.95. The molecule has 5 heteroatoms. The van der Waals surface area contributed by atoms with Gasteiger partial charge in [0.25, 0.3) is 0 Å². The first-order valence-electron chi connectivity index (χ1n) is 7.22. The van der Waals surface area contributed by atoms with Gasteiger partial charge in [-0.15, -0.1) is 0 Å². The molecule has 0 bridgehead atoms. The molecule has 2 heterocycles. The van der Waals surface area contributed by atoms with Crippen LogP contribution in [0.5, 0.6) is 0 Å². The summed E-state index contributed by atoms with van der Waals surface area (Å²) in [5.74, 6) is 0.175. The lowest BCUT2D eigenvalue weighted by Crippen LogP contribution is -2.43. The summed E-state index contributed by atoms with van der Waals surface area (Å²) in [7, 11) is 0. The maximum absolute atomic E-state index is 12.2. The zero-order valence-corrected chi connectivity index (χ0v) is 11.7. The Balaban J connectivity index is 1.61. The minimum atomic E-state index is 0.175. The maximum atomic E-state index is 12.2. The van der Waals surface area contributed by atoms with Crippen LogP contribution in [0, 0.1) is 0 Å². The predicted molar refractivity (Wildman–Crippen MR) is 77.6 cm³/mol. The number of anilines is 1. The average Bonchev–Trinajstić information content (AvgIpc) is 2.66. The topological polar surface area (TPSA) is 44.8 Å². The summed E-state index contributed by atoms with van der Waals surface area (Å²) in [6, 6.07) is 8.15. The van der Waals surface area contributed by atoms with Gasteiger partial charge < -0.3 is 15.0 Å². The molecule has 1 saturated heterocycles. The first kappa shape index (κ1) is 13.4. The highest BCUT2D eigenvalue weighted by Crippen LogP contribution is 2.20. The molecule has 2 aliphatic heterocycles. The van der Waals surface area contributed by atoms with E-state index in [0.717, 1.165) is 45.1 Å². The van der Waals surface area contributed by atoms with Gasteiger partial charge in [0.15, 0.2) is 0 Å². The summed E-state index contributed by atoms with van der Waals surface area (Å²) in [5, 5.41) is 3.22. The lowest BCUT2D eigenvalue weighted by molar-refractivity contribution is -0.130. The molecular weight excluding hydrogens is 254 g/mol. The van der Waals surface area contributed by atoms with E-state index in [4.69, 9.17) is 4.74 Å². The highest BCUT2D eigenvalue weighted by Gasteiger charge is 2.20. The number of hydrogen-bond acceptors (Lipinski definition) is 4. The Labute approximate surface area is 119 Å². The maximum Gasteiger partial charge on any atom is 0.242 e. The van der Waals surface area contributed by atoms with Crippen LogP contribution in [-0.4, -0.2) is 61.6 Å². The highest BCUT2D eigenvalue weighted by molar-refractivity contribution is 5.82. The number of hydrogen-bond donors (Lipinski definition) is 1. The van der Waals surface area contributed by atoms with E-state index in [9.17, 15) is 4.79 Å². The summed E-state index contributed by atoms with van der Waals surface area (Å²) in [4.78, 5) is 16.5. The Hall–Kier alpha value is -1.59. The monoisotopic (exact) mass is 275 g/mol. The van der Waals surface area contributed by atoms with Crippen LogP contribution in [0.1, 0.15) is 5.56 Å². The Morgan fingerprint density at radius 1 is 1.15 bits per heavy atom. The Morgan fingerprint density at radius 2 is 1.95 bits per heavy atom. The Morgan fingerprint density at radius 3 is 2.80 bits per heavy atom. The number of benzene rings is 1. The zero-order valence-electron chi connectivity index (χ0n) is 11.7. The van der Waals surface area contributed by atoms with E-state index in [1.54, 1.807) is 0 Å². The van der Waals surface area contributed by atoms with E-state index >= 15 is 0 Å². The summed E-state index contributed by atoms with van der Waals surface area (Å²) < 4.78 is 5.35. The van der Waals surface area contributed by atoms with Gasteiger partial charge in [0, 0.05) is 38.4 Å². The van der Waals surface area contributed by atoms with Gasteiger partial charge in [-0.1, -0.05) is 18.2 Å². The van der Waals surface area contributed by atoms with Gasteiger partial charge in [-0.25, -0.2) is 0 Å².